The molecular formula is C25H31FN2O5S. The van der Waals surface area contributed by atoms with Crippen LogP contribution in [0.4, 0.5) is 9.18 Å². The minimum atomic E-state index is -3.83. The predicted molar refractivity (Wildman–Crippen MR) is 129 cm³/mol. The summed E-state index contributed by atoms with van der Waals surface area (Å²) >= 11 is 0. The fraction of sp³-hybridized carbons (Fsp3) is 0.440. The van der Waals surface area contributed by atoms with Gasteiger partial charge < -0.3 is 9.64 Å². The van der Waals surface area contributed by atoms with Gasteiger partial charge in [-0.15, -0.1) is 0 Å². The van der Waals surface area contributed by atoms with Gasteiger partial charge in [-0.1, -0.05) is 30.3 Å². The van der Waals surface area contributed by atoms with Crippen LogP contribution < -0.4 is 4.72 Å². The van der Waals surface area contributed by atoms with E-state index in [1.165, 1.54) is 11.0 Å². The van der Waals surface area contributed by atoms with E-state index < -0.39 is 45.1 Å². The van der Waals surface area contributed by atoms with Crippen LogP contribution in [0.15, 0.2) is 42.5 Å². The number of halogens is 1. The number of ether oxygens (including phenoxy) is 1. The van der Waals surface area contributed by atoms with Crippen molar-refractivity contribution in [3.63, 3.8) is 0 Å². The number of rotatable bonds is 6. The fourth-order valence-corrected chi connectivity index (χ4v) is 5.22. The first-order valence-electron chi connectivity index (χ1n) is 11.2. The molecule has 2 aromatic carbocycles. The van der Waals surface area contributed by atoms with Gasteiger partial charge in [0.2, 0.25) is 10.0 Å². The number of nitrogens with one attached hydrogen (secondary N) is 1. The molecule has 3 rings (SSSR count). The Labute approximate surface area is 200 Å². The van der Waals surface area contributed by atoms with Gasteiger partial charge >= 0.3 is 6.09 Å². The number of likely N-dealkylation sites (tertiary alicyclic amines) is 1. The summed E-state index contributed by atoms with van der Waals surface area (Å²) in [6.45, 7) is 6.81. The van der Waals surface area contributed by atoms with E-state index in [1.54, 1.807) is 33.8 Å². The van der Waals surface area contributed by atoms with Crippen molar-refractivity contribution in [3.8, 4) is 11.1 Å². The number of hydrogen-bond acceptors (Lipinski definition) is 5. The lowest BCUT2D eigenvalue weighted by Gasteiger charge is -2.33. The molecule has 0 aliphatic carbocycles. The highest BCUT2D eigenvalue weighted by atomic mass is 32.2. The maximum atomic E-state index is 14.7. The second-order valence-corrected chi connectivity index (χ2v) is 11.5. The van der Waals surface area contributed by atoms with Crippen LogP contribution in [0.3, 0.4) is 0 Å². The van der Waals surface area contributed by atoms with Gasteiger partial charge in [-0.05, 0) is 69.4 Å². The van der Waals surface area contributed by atoms with Crippen LogP contribution in [0.1, 0.15) is 49.5 Å². The topological polar surface area (TPSA) is 92.8 Å². The quantitative estimate of drug-likeness (QED) is 0.610. The lowest BCUT2D eigenvalue weighted by molar-refractivity contribution is 0.0217. The standard InChI is InChI=1S/C25H31FN2O5S/c1-17-14-19(18-8-6-5-7-9-18)15-21(23(17)26)22(29)16-27-34(31,32)20-10-12-28(13-11-20)24(30)33-25(2,3)4/h5-9,14-15,20,27H,10-13,16H2,1-4H3. The number of carbonyl (C=O) groups excluding carboxylic acids is 2. The Hall–Kier alpha value is -2.78. The summed E-state index contributed by atoms with van der Waals surface area (Å²) in [5.41, 5.74) is 1.04. The number of hydrogen-bond donors (Lipinski definition) is 1. The van der Waals surface area contributed by atoms with Crippen LogP contribution in [0.2, 0.25) is 0 Å². The normalized spacial score (nSPS) is 15.3. The number of nitrogens with zero attached hydrogens (tertiary/aromatic N) is 1. The smallest absolute Gasteiger partial charge is 0.410 e. The molecule has 0 bridgehead atoms. The molecule has 1 N–H and O–H groups in total. The highest BCUT2D eigenvalue weighted by Crippen LogP contribution is 2.25. The number of carbonyl (C=O) groups is 2. The summed E-state index contributed by atoms with van der Waals surface area (Å²) in [7, 11) is -3.83. The minimum Gasteiger partial charge on any atom is -0.444 e. The Kier molecular flexibility index (Phi) is 7.77. The first-order valence-corrected chi connectivity index (χ1v) is 12.8. The number of ketones is 1. The van der Waals surface area contributed by atoms with E-state index in [4.69, 9.17) is 4.74 Å². The molecule has 184 valence electrons. The second kappa shape index (κ2) is 10.2. The number of Topliss-reactive ketones (excluding diaryl/α,β-unsaturated/α-hetero) is 1. The second-order valence-electron chi connectivity index (χ2n) is 9.48. The van der Waals surface area contributed by atoms with E-state index in [9.17, 15) is 22.4 Å². The molecule has 0 spiro atoms. The van der Waals surface area contributed by atoms with Crippen molar-refractivity contribution in [2.75, 3.05) is 19.6 Å². The Morgan fingerprint density at radius 1 is 1.09 bits per heavy atom. The Balaban J connectivity index is 1.64. The van der Waals surface area contributed by atoms with E-state index in [1.807, 2.05) is 30.3 Å². The van der Waals surface area contributed by atoms with Crippen LogP contribution in [0, 0.1) is 12.7 Å². The molecule has 1 aliphatic heterocycles. The molecule has 1 aliphatic rings. The molecule has 1 heterocycles. The largest absolute Gasteiger partial charge is 0.444 e. The van der Waals surface area contributed by atoms with Crippen molar-refractivity contribution in [2.24, 2.45) is 0 Å². The minimum absolute atomic E-state index is 0.152. The fourth-order valence-electron chi connectivity index (χ4n) is 3.82. The van der Waals surface area contributed by atoms with Gasteiger partial charge in [0.25, 0.3) is 0 Å². The van der Waals surface area contributed by atoms with Crippen LogP contribution in [0.5, 0.6) is 0 Å². The van der Waals surface area contributed by atoms with Crippen LogP contribution >= 0.6 is 0 Å². The first-order chi connectivity index (χ1) is 15.9. The molecule has 7 nitrogen and oxygen atoms in total. The van der Waals surface area contributed by atoms with E-state index in [2.05, 4.69) is 4.72 Å². The summed E-state index contributed by atoms with van der Waals surface area (Å²) < 4.78 is 47.9. The van der Waals surface area contributed by atoms with Gasteiger partial charge in [-0.2, -0.15) is 0 Å². The number of sulfonamides is 1. The number of aryl methyl sites for hydroxylation is 1. The molecule has 1 fully saturated rings. The molecule has 0 unspecified atom stereocenters. The van der Waals surface area contributed by atoms with Gasteiger partial charge in [0.15, 0.2) is 5.78 Å². The van der Waals surface area contributed by atoms with Gasteiger partial charge in [0, 0.05) is 13.1 Å². The molecule has 9 heteroatoms. The van der Waals surface area contributed by atoms with Crippen molar-refractivity contribution in [2.45, 2.75) is 51.4 Å². The van der Waals surface area contributed by atoms with Gasteiger partial charge in [-0.25, -0.2) is 22.3 Å². The van der Waals surface area contributed by atoms with E-state index in [0.29, 0.717) is 11.1 Å². The van der Waals surface area contributed by atoms with Gasteiger partial charge in [-0.3, -0.25) is 4.79 Å². The Morgan fingerprint density at radius 2 is 1.71 bits per heavy atom. The van der Waals surface area contributed by atoms with Crippen LogP contribution in [-0.2, 0) is 14.8 Å². The molecule has 0 radical (unpaired) electrons. The summed E-state index contributed by atoms with van der Waals surface area (Å²) in [5, 5.41) is -0.749. The molecule has 0 saturated carbocycles. The van der Waals surface area contributed by atoms with Crippen molar-refractivity contribution in [1.29, 1.82) is 0 Å². The van der Waals surface area contributed by atoms with Crippen LogP contribution in [0.25, 0.3) is 11.1 Å². The maximum absolute atomic E-state index is 14.7. The number of piperidine rings is 1. The molecule has 34 heavy (non-hydrogen) atoms. The van der Waals surface area contributed by atoms with Gasteiger partial charge in [0.05, 0.1) is 17.4 Å². The van der Waals surface area contributed by atoms with E-state index in [-0.39, 0.29) is 31.5 Å². The lowest BCUT2D eigenvalue weighted by Crippen LogP contribution is -2.47. The zero-order valence-corrected chi connectivity index (χ0v) is 20.7. The molecule has 1 saturated heterocycles. The third-order valence-corrected chi connectivity index (χ3v) is 7.52. The molecular weight excluding hydrogens is 459 g/mol. The van der Waals surface area contributed by atoms with Crippen molar-refractivity contribution < 1.29 is 27.1 Å². The maximum Gasteiger partial charge on any atom is 0.410 e. The third kappa shape index (κ3) is 6.42. The Bertz CT molecular complexity index is 1150. The SMILES string of the molecule is Cc1cc(-c2ccccc2)cc(C(=O)CNS(=O)(=O)C2CCN(C(=O)OC(C)(C)C)CC2)c1F. The van der Waals surface area contributed by atoms with Gasteiger partial charge in [0.1, 0.15) is 11.4 Å². The number of benzene rings is 2. The summed E-state index contributed by atoms with van der Waals surface area (Å²) in [4.78, 5) is 26.4. The molecule has 0 aromatic heterocycles. The molecule has 2 aromatic rings. The highest BCUT2D eigenvalue weighted by molar-refractivity contribution is 7.90. The van der Waals surface area contributed by atoms with Crippen molar-refractivity contribution in [3.05, 3.63) is 59.4 Å². The predicted octanol–water partition coefficient (Wildman–Crippen LogP) is 4.30. The van der Waals surface area contributed by atoms with Crippen LogP contribution in [-0.4, -0.2) is 55.7 Å². The van der Waals surface area contributed by atoms with E-state index in [0.717, 1.165) is 5.56 Å². The summed E-state index contributed by atoms with van der Waals surface area (Å²) in [6, 6.07) is 12.4. The summed E-state index contributed by atoms with van der Waals surface area (Å²) in [5.74, 6) is -1.30. The zero-order chi connectivity index (χ0) is 25.1. The summed E-state index contributed by atoms with van der Waals surface area (Å²) in [6.07, 6.45) is -0.0324. The third-order valence-electron chi connectivity index (χ3n) is 5.63. The van der Waals surface area contributed by atoms with E-state index >= 15 is 0 Å². The average Bonchev–Trinajstić information content (AvgIpc) is 2.79. The lowest BCUT2D eigenvalue weighted by atomic mass is 9.98. The molecule has 0 atom stereocenters. The number of amides is 1. The van der Waals surface area contributed by atoms with Crippen molar-refractivity contribution >= 4 is 21.9 Å². The molecule has 1 amide bonds. The first kappa shape index (κ1) is 25.8. The highest BCUT2D eigenvalue weighted by Gasteiger charge is 2.33. The Morgan fingerprint density at radius 3 is 2.29 bits per heavy atom. The zero-order valence-electron chi connectivity index (χ0n) is 19.9. The monoisotopic (exact) mass is 490 g/mol. The van der Waals surface area contributed by atoms with Crippen molar-refractivity contribution in [1.82, 2.24) is 9.62 Å². The average molecular weight is 491 g/mol.